The summed E-state index contributed by atoms with van der Waals surface area (Å²) in [5.74, 6) is -0.494. The average molecular weight is 859 g/mol. The molecule has 0 spiro atoms. The number of rotatable bonds is 38. The van der Waals surface area contributed by atoms with Crippen molar-refractivity contribution >= 4 is 13.8 Å². The van der Waals surface area contributed by atoms with Crippen LogP contribution in [0.2, 0.25) is 0 Å². The van der Waals surface area contributed by atoms with Gasteiger partial charge in [-0.05, 0) is 70.6 Å². The largest absolute Gasteiger partial charge is 0.472 e. The van der Waals surface area contributed by atoms with Gasteiger partial charge in [-0.2, -0.15) is 0 Å². The molecule has 1 aliphatic rings. The van der Waals surface area contributed by atoms with Gasteiger partial charge in [0.05, 0.1) is 13.2 Å². The molecule has 0 aromatic heterocycles. The summed E-state index contributed by atoms with van der Waals surface area (Å²) in [7, 11) is -5.02. The van der Waals surface area contributed by atoms with E-state index >= 15 is 0 Å². The quantitative estimate of drug-likeness (QED) is 0.0150. The second kappa shape index (κ2) is 36.9. The van der Waals surface area contributed by atoms with Crippen LogP contribution in [-0.2, 0) is 27.9 Å². The smallest absolute Gasteiger partial charge is 0.457 e. The van der Waals surface area contributed by atoms with Crippen molar-refractivity contribution in [2.24, 2.45) is 0 Å². The first-order valence-electron chi connectivity index (χ1n) is 23.0. The number of carbonyl (C=O) groups excluding carboxylic acids is 1. The third-order valence-corrected chi connectivity index (χ3v) is 11.4. The Balaban J connectivity index is 2.35. The van der Waals surface area contributed by atoms with Crippen molar-refractivity contribution in [3.63, 3.8) is 0 Å². The second-order valence-electron chi connectivity index (χ2n) is 15.9. The van der Waals surface area contributed by atoms with Crippen LogP contribution in [0.5, 0.6) is 0 Å². The predicted molar refractivity (Wildman–Crippen MR) is 235 cm³/mol. The van der Waals surface area contributed by atoms with E-state index < -0.39 is 63.1 Å². The zero-order valence-corrected chi connectivity index (χ0v) is 37.4. The fraction of sp³-hybridized carbons (Fsp3) is 0.804. The molecule has 0 amide bonds. The molecule has 0 radical (unpaired) electrons. The van der Waals surface area contributed by atoms with Crippen LogP contribution in [0.4, 0.5) is 0 Å². The standard InChI is InChI=1S/C46H83O12P/c1-3-5-7-9-11-13-15-16-17-18-19-20-21-22-23-24-25-26-28-30-32-34-36-55-37-39(57-40(47)35-33-31-29-27-14-12-10-8-6-4-2)38-56-59(53,54)58-46-44(51)42(49)41(48)43(50)45(46)52/h8,10,15-16,18-19,21-22,39,41-46,48-52H,3-7,9,11-14,17,20,23-38H2,1-2H3,(H,53,54)/b10-8-,16-15-,19-18-,22-21-. The summed E-state index contributed by atoms with van der Waals surface area (Å²) in [6.07, 6.45) is 32.0. The van der Waals surface area contributed by atoms with Gasteiger partial charge in [0.2, 0.25) is 0 Å². The molecule has 1 saturated carbocycles. The molecule has 1 fully saturated rings. The minimum absolute atomic E-state index is 0.0881. The molecule has 6 N–H and O–H groups in total. The number of unbranched alkanes of at least 4 members (excludes halogenated alkanes) is 18. The Morgan fingerprint density at radius 1 is 0.542 bits per heavy atom. The van der Waals surface area contributed by atoms with Crippen molar-refractivity contribution in [1.82, 2.24) is 0 Å². The summed E-state index contributed by atoms with van der Waals surface area (Å²) in [5, 5.41) is 50.1. The molecule has 6 unspecified atom stereocenters. The SMILES string of the molecule is CCC/C=C\CCCCCCCC(=O)OC(COCCCCCCCCC/C=C\C/C=C\C/C=C\CCCCCCC)COP(=O)(O)OC1C(O)C(O)C(O)C(O)C1O. The minimum Gasteiger partial charge on any atom is -0.457 e. The molecule has 0 aliphatic heterocycles. The van der Waals surface area contributed by atoms with Gasteiger partial charge in [0.15, 0.2) is 0 Å². The number of carbonyl (C=O) groups is 1. The number of hydrogen-bond acceptors (Lipinski definition) is 11. The molecule has 59 heavy (non-hydrogen) atoms. The van der Waals surface area contributed by atoms with Gasteiger partial charge >= 0.3 is 13.8 Å². The maximum Gasteiger partial charge on any atom is 0.472 e. The topological polar surface area (TPSA) is 192 Å². The number of phosphoric acid groups is 1. The molecule has 6 atom stereocenters. The van der Waals surface area contributed by atoms with Crippen LogP contribution in [0, 0.1) is 0 Å². The van der Waals surface area contributed by atoms with Crippen LogP contribution in [0.25, 0.3) is 0 Å². The highest BCUT2D eigenvalue weighted by Gasteiger charge is 2.51. The Hall–Kier alpha value is -1.70. The van der Waals surface area contributed by atoms with E-state index in [1.54, 1.807) is 0 Å². The number of aliphatic hydroxyl groups is 5. The maximum atomic E-state index is 12.8. The Kier molecular flexibility index (Phi) is 34.6. The van der Waals surface area contributed by atoms with Crippen molar-refractivity contribution in [2.45, 2.75) is 217 Å². The molecule has 0 aromatic carbocycles. The van der Waals surface area contributed by atoms with Crippen molar-refractivity contribution in [1.29, 1.82) is 0 Å². The van der Waals surface area contributed by atoms with E-state index in [1.807, 2.05) is 0 Å². The number of ether oxygens (including phenoxy) is 2. The van der Waals surface area contributed by atoms with Crippen molar-refractivity contribution in [3.8, 4) is 0 Å². The molecule has 0 bridgehead atoms. The molecule has 13 heteroatoms. The number of esters is 1. The normalized spacial score (nSPS) is 22.9. The van der Waals surface area contributed by atoms with Crippen LogP contribution in [0.3, 0.4) is 0 Å². The third kappa shape index (κ3) is 29.3. The summed E-state index contributed by atoms with van der Waals surface area (Å²) < 4.78 is 34.1. The fourth-order valence-corrected chi connectivity index (χ4v) is 7.69. The average Bonchev–Trinajstić information content (AvgIpc) is 3.22. The Morgan fingerprint density at radius 2 is 0.983 bits per heavy atom. The van der Waals surface area contributed by atoms with Crippen LogP contribution in [0.1, 0.15) is 174 Å². The summed E-state index contributed by atoms with van der Waals surface area (Å²) in [4.78, 5) is 23.1. The number of aliphatic hydroxyl groups excluding tert-OH is 5. The van der Waals surface area contributed by atoms with Crippen molar-refractivity contribution < 1.29 is 58.3 Å². The van der Waals surface area contributed by atoms with Crippen LogP contribution < -0.4 is 0 Å². The van der Waals surface area contributed by atoms with Gasteiger partial charge in [-0.1, -0.05) is 146 Å². The summed E-state index contributed by atoms with van der Waals surface area (Å²) >= 11 is 0. The van der Waals surface area contributed by atoms with Gasteiger partial charge in [0, 0.05) is 13.0 Å². The number of allylic oxidation sites excluding steroid dienone is 8. The van der Waals surface area contributed by atoms with E-state index in [4.69, 9.17) is 18.5 Å². The van der Waals surface area contributed by atoms with Crippen molar-refractivity contribution in [3.05, 3.63) is 48.6 Å². The third-order valence-electron chi connectivity index (χ3n) is 10.4. The highest BCUT2D eigenvalue weighted by Crippen LogP contribution is 2.47. The van der Waals surface area contributed by atoms with Gasteiger partial charge in [-0.15, -0.1) is 0 Å². The fourth-order valence-electron chi connectivity index (χ4n) is 6.72. The molecule has 344 valence electrons. The van der Waals surface area contributed by atoms with E-state index in [2.05, 4.69) is 62.5 Å². The maximum absolute atomic E-state index is 12.8. The molecule has 0 aromatic rings. The summed E-state index contributed by atoms with van der Waals surface area (Å²) in [6.45, 7) is 4.14. The predicted octanol–water partition coefficient (Wildman–Crippen LogP) is 9.25. The minimum atomic E-state index is -5.02. The van der Waals surface area contributed by atoms with Gasteiger partial charge in [-0.25, -0.2) is 4.57 Å². The number of phosphoric ester groups is 1. The molecule has 1 rings (SSSR count). The molecule has 1 aliphatic carbocycles. The van der Waals surface area contributed by atoms with E-state index in [0.717, 1.165) is 89.9 Å². The molecule has 0 heterocycles. The zero-order chi connectivity index (χ0) is 43.4. The molecular weight excluding hydrogens is 775 g/mol. The monoisotopic (exact) mass is 859 g/mol. The Morgan fingerprint density at radius 3 is 1.53 bits per heavy atom. The van der Waals surface area contributed by atoms with Gasteiger partial charge in [0.1, 0.15) is 42.7 Å². The van der Waals surface area contributed by atoms with E-state index in [9.17, 15) is 39.8 Å². The lowest BCUT2D eigenvalue weighted by molar-refractivity contribution is -0.220. The molecular formula is C46H83O12P. The lowest BCUT2D eigenvalue weighted by Crippen LogP contribution is -2.64. The van der Waals surface area contributed by atoms with E-state index in [1.165, 1.54) is 57.8 Å². The first-order chi connectivity index (χ1) is 28.5. The van der Waals surface area contributed by atoms with Gasteiger partial charge < -0.3 is 39.9 Å². The lowest BCUT2D eigenvalue weighted by Gasteiger charge is -2.41. The highest BCUT2D eigenvalue weighted by atomic mass is 31.2. The van der Waals surface area contributed by atoms with E-state index in [0.29, 0.717) is 13.0 Å². The first kappa shape index (κ1) is 55.3. The Labute approximate surface area is 356 Å². The molecule has 0 saturated heterocycles. The van der Waals surface area contributed by atoms with Gasteiger partial charge in [0.25, 0.3) is 0 Å². The highest BCUT2D eigenvalue weighted by molar-refractivity contribution is 7.47. The zero-order valence-electron chi connectivity index (χ0n) is 36.5. The summed E-state index contributed by atoms with van der Waals surface area (Å²) in [5.41, 5.74) is 0. The molecule has 12 nitrogen and oxygen atoms in total. The van der Waals surface area contributed by atoms with Gasteiger partial charge in [-0.3, -0.25) is 13.8 Å². The van der Waals surface area contributed by atoms with Crippen LogP contribution >= 0.6 is 7.82 Å². The second-order valence-corrected chi connectivity index (χ2v) is 17.3. The first-order valence-corrected chi connectivity index (χ1v) is 24.5. The Bertz CT molecular complexity index is 1160. The number of hydrogen-bond donors (Lipinski definition) is 6. The van der Waals surface area contributed by atoms with Crippen LogP contribution in [-0.4, -0.2) is 98.9 Å². The lowest BCUT2D eigenvalue weighted by atomic mass is 9.85. The van der Waals surface area contributed by atoms with Crippen LogP contribution in [0.15, 0.2) is 48.6 Å². The van der Waals surface area contributed by atoms with Crippen molar-refractivity contribution in [2.75, 3.05) is 19.8 Å². The summed E-state index contributed by atoms with van der Waals surface area (Å²) in [6, 6.07) is 0. The van der Waals surface area contributed by atoms with E-state index in [-0.39, 0.29) is 13.0 Å².